The number of hydrogen-bond acceptors (Lipinski definition) is 3. The van der Waals surface area contributed by atoms with E-state index < -0.39 is 0 Å². The van der Waals surface area contributed by atoms with Crippen LogP contribution < -0.4 is 10.5 Å². The lowest BCUT2D eigenvalue weighted by molar-refractivity contribution is 0.232. The van der Waals surface area contributed by atoms with Gasteiger partial charge >= 0.3 is 0 Å². The third-order valence-electron chi connectivity index (χ3n) is 3.91. The smallest absolute Gasteiger partial charge is 0.122 e. The van der Waals surface area contributed by atoms with Gasteiger partial charge in [-0.2, -0.15) is 0 Å². The molecule has 20 heavy (non-hydrogen) atoms. The highest BCUT2D eigenvalue weighted by molar-refractivity contribution is 5.94. The van der Waals surface area contributed by atoms with Crippen molar-refractivity contribution in [1.82, 2.24) is 4.90 Å². The van der Waals surface area contributed by atoms with E-state index in [4.69, 9.17) is 15.9 Å². The first-order valence-corrected chi connectivity index (χ1v) is 7.48. The molecule has 1 aliphatic heterocycles. The number of nitrogens with one attached hydrogen (secondary N) is 1. The summed E-state index contributed by atoms with van der Waals surface area (Å²) in [6, 6.07) is 7.40. The molecule has 2 rings (SSSR count). The van der Waals surface area contributed by atoms with E-state index in [2.05, 4.69) is 11.8 Å². The molecular weight excluding hydrogens is 250 g/mol. The second-order valence-electron chi connectivity index (χ2n) is 5.53. The SMILES string of the molecule is CCCC1CCN(CCOc2ccc(C(=N)N)cc2)C1. The number of benzene rings is 1. The molecule has 4 nitrogen and oxygen atoms in total. The summed E-state index contributed by atoms with van der Waals surface area (Å²) in [5.74, 6) is 1.82. The van der Waals surface area contributed by atoms with Crippen LogP contribution in [0.15, 0.2) is 24.3 Å². The predicted molar refractivity (Wildman–Crippen MR) is 82.4 cm³/mol. The number of nitrogens with two attached hydrogens (primary N) is 1. The molecule has 1 aromatic carbocycles. The predicted octanol–water partition coefficient (Wildman–Crippen LogP) is 2.47. The third kappa shape index (κ3) is 4.23. The van der Waals surface area contributed by atoms with Crippen LogP contribution in [0.1, 0.15) is 31.7 Å². The Balaban J connectivity index is 1.69. The van der Waals surface area contributed by atoms with Gasteiger partial charge < -0.3 is 10.5 Å². The Bertz CT molecular complexity index is 430. The van der Waals surface area contributed by atoms with Crippen molar-refractivity contribution in [2.75, 3.05) is 26.2 Å². The van der Waals surface area contributed by atoms with Gasteiger partial charge in [0.05, 0.1) is 0 Å². The van der Waals surface area contributed by atoms with Crippen LogP contribution in [0.5, 0.6) is 5.75 Å². The number of ether oxygens (including phenoxy) is 1. The monoisotopic (exact) mass is 275 g/mol. The number of nitrogen functional groups attached to an aromatic ring is 1. The van der Waals surface area contributed by atoms with Gasteiger partial charge in [0.1, 0.15) is 18.2 Å². The summed E-state index contributed by atoms with van der Waals surface area (Å²) >= 11 is 0. The Hall–Kier alpha value is -1.55. The molecule has 110 valence electrons. The van der Waals surface area contributed by atoms with Gasteiger partial charge in [0.2, 0.25) is 0 Å². The summed E-state index contributed by atoms with van der Waals surface area (Å²) in [5.41, 5.74) is 6.16. The molecule has 0 aromatic heterocycles. The maximum Gasteiger partial charge on any atom is 0.122 e. The van der Waals surface area contributed by atoms with Crippen LogP contribution in [-0.2, 0) is 0 Å². The van der Waals surface area contributed by atoms with Crippen molar-refractivity contribution in [3.05, 3.63) is 29.8 Å². The molecule has 3 N–H and O–H groups in total. The van der Waals surface area contributed by atoms with Crippen LogP contribution in [-0.4, -0.2) is 37.0 Å². The second kappa shape index (κ2) is 7.29. The molecule has 0 saturated carbocycles. The number of nitrogens with zero attached hydrogens (tertiary/aromatic N) is 1. The molecule has 0 spiro atoms. The molecule has 1 heterocycles. The van der Waals surface area contributed by atoms with Gasteiger partial charge in [-0.05, 0) is 49.6 Å². The summed E-state index contributed by atoms with van der Waals surface area (Å²) in [6.45, 7) is 6.40. The van der Waals surface area contributed by atoms with Crippen LogP contribution >= 0.6 is 0 Å². The lowest BCUT2D eigenvalue weighted by Crippen LogP contribution is -2.26. The topological polar surface area (TPSA) is 62.3 Å². The van der Waals surface area contributed by atoms with Crippen LogP contribution in [0.3, 0.4) is 0 Å². The molecule has 1 saturated heterocycles. The zero-order valence-corrected chi connectivity index (χ0v) is 12.3. The second-order valence-corrected chi connectivity index (χ2v) is 5.53. The Morgan fingerprint density at radius 2 is 2.15 bits per heavy atom. The van der Waals surface area contributed by atoms with E-state index in [-0.39, 0.29) is 5.84 Å². The van der Waals surface area contributed by atoms with E-state index in [0.717, 1.165) is 30.4 Å². The van der Waals surface area contributed by atoms with Gasteiger partial charge in [0.25, 0.3) is 0 Å². The summed E-state index contributed by atoms with van der Waals surface area (Å²) in [5, 5.41) is 7.34. The molecule has 0 bridgehead atoms. The van der Waals surface area contributed by atoms with E-state index in [1.165, 1.54) is 32.4 Å². The number of amidine groups is 1. The average Bonchev–Trinajstić information content (AvgIpc) is 2.87. The van der Waals surface area contributed by atoms with E-state index in [1.807, 2.05) is 24.3 Å². The minimum absolute atomic E-state index is 0.0931. The van der Waals surface area contributed by atoms with Crippen LogP contribution in [0.4, 0.5) is 0 Å². The van der Waals surface area contributed by atoms with Crippen molar-refractivity contribution >= 4 is 5.84 Å². The molecule has 0 aliphatic carbocycles. The van der Waals surface area contributed by atoms with Crippen LogP contribution in [0, 0.1) is 11.3 Å². The lowest BCUT2D eigenvalue weighted by atomic mass is 10.0. The Kier molecular flexibility index (Phi) is 5.41. The fourth-order valence-electron chi connectivity index (χ4n) is 2.78. The van der Waals surface area contributed by atoms with Gasteiger partial charge in [-0.1, -0.05) is 13.3 Å². The van der Waals surface area contributed by atoms with Crippen molar-refractivity contribution in [2.24, 2.45) is 11.7 Å². The highest BCUT2D eigenvalue weighted by Crippen LogP contribution is 2.20. The quantitative estimate of drug-likeness (QED) is 0.593. The number of likely N-dealkylation sites (tertiary alicyclic amines) is 1. The summed E-state index contributed by atoms with van der Waals surface area (Å²) < 4.78 is 5.74. The van der Waals surface area contributed by atoms with Crippen LogP contribution in [0.2, 0.25) is 0 Å². The fourth-order valence-corrected chi connectivity index (χ4v) is 2.78. The van der Waals surface area contributed by atoms with Gasteiger partial charge in [0, 0.05) is 18.7 Å². The average molecular weight is 275 g/mol. The maximum absolute atomic E-state index is 7.34. The third-order valence-corrected chi connectivity index (χ3v) is 3.91. The Morgan fingerprint density at radius 1 is 1.40 bits per heavy atom. The zero-order valence-electron chi connectivity index (χ0n) is 12.3. The van der Waals surface area contributed by atoms with E-state index in [0.29, 0.717) is 0 Å². The van der Waals surface area contributed by atoms with Gasteiger partial charge in [0.15, 0.2) is 0 Å². The van der Waals surface area contributed by atoms with Crippen LogP contribution in [0.25, 0.3) is 0 Å². The molecule has 1 fully saturated rings. The molecule has 1 unspecified atom stereocenters. The first kappa shape index (κ1) is 14.9. The van der Waals surface area contributed by atoms with Crippen molar-refractivity contribution in [3.8, 4) is 5.75 Å². The summed E-state index contributed by atoms with van der Waals surface area (Å²) in [4.78, 5) is 2.49. The largest absolute Gasteiger partial charge is 0.492 e. The molecule has 1 atom stereocenters. The molecule has 0 amide bonds. The van der Waals surface area contributed by atoms with Crippen molar-refractivity contribution in [3.63, 3.8) is 0 Å². The molecule has 0 radical (unpaired) electrons. The number of hydrogen-bond donors (Lipinski definition) is 2. The van der Waals surface area contributed by atoms with Gasteiger partial charge in [-0.15, -0.1) is 0 Å². The van der Waals surface area contributed by atoms with Crippen molar-refractivity contribution in [2.45, 2.75) is 26.2 Å². The van der Waals surface area contributed by atoms with E-state index in [1.54, 1.807) is 0 Å². The maximum atomic E-state index is 7.34. The van der Waals surface area contributed by atoms with E-state index in [9.17, 15) is 0 Å². The van der Waals surface area contributed by atoms with Crippen molar-refractivity contribution < 1.29 is 4.74 Å². The molecule has 1 aliphatic rings. The Morgan fingerprint density at radius 3 is 2.80 bits per heavy atom. The minimum Gasteiger partial charge on any atom is -0.492 e. The number of rotatable bonds is 7. The summed E-state index contributed by atoms with van der Waals surface area (Å²) in [7, 11) is 0. The molecule has 1 aromatic rings. The highest BCUT2D eigenvalue weighted by Gasteiger charge is 2.20. The molecule has 4 heteroatoms. The van der Waals surface area contributed by atoms with Crippen molar-refractivity contribution in [1.29, 1.82) is 5.41 Å². The summed E-state index contributed by atoms with van der Waals surface area (Å²) in [6.07, 6.45) is 3.97. The first-order valence-electron chi connectivity index (χ1n) is 7.48. The minimum atomic E-state index is 0.0931. The molecular formula is C16H25N3O. The lowest BCUT2D eigenvalue weighted by Gasteiger charge is -2.16. The normalized spacial score (nSPS) is 19.1. The van der Waals surface area contributed by atoms with Gasteiger partial charge in [-0.3, -0.25) is 10.3 Å². The highest BCUT2D eigenvalue weighted by atomic mass is 16.5. The fraction of sp³-hybridized carbons (Fsp3) is 0.562. The van der Waals surface area contributed by atoms with Gasteiger partial charge in [-0.25, -0.2) is 0 Å². The Labute approximate surface area is 121 Å². The first-order chi connectivity index (χ1) is 9.69. The zero-order chi connectivity index (χ0) is 14.4. The standard InChI is InChI=1S/C16H25N3O/c1-2-3-13-8-9-19(12-13)10-11-20-15-6-4-14(5-7-15)16(17)18/h4-7,13H,2-3,8-12H2,1H3,(H3,17,18). The van der Waals surface area contributed by atoms with E-state index >= 15 is 0 Å².